The quantitative estimate of drug-likeness (QED) is 0.783. The van der Waals surface area contributed by atoms with Crippen LogP contribution in [0.3, 0.4) is 0 Å². The summed E-state index contributed by atoms with van der Waals surface area (Å²) in [6.45, 7) is 3.18. The first-order chi connectivity index (χ1) is 11.0. The fourth-order valence-corrected chi connectivity index (χ4v) is 3.99. The summed E-state index contributed by atoms with van der Waals surface area (Å²) in [6, 6.07) is 9.53. The molecule has 0 amide bonds. The maximum absolute atomic E-state index is 11.3. The molecule has 0 spiro atoms. The molecule has 0 saturated carbocycles. The van der Waals surface area contributed by atoms with Crippen molar-refractivity contribution in [1.29, 1.82) is 0 Å². The largest absolute Gasteiger partial charge is 0.294 e. The summed E-state index contributed by atoms with van der Waals surface area (Å²) in [5, 5.41) is 0. The highest BCUT2D eigenvalue weighted by atomic mass is 32.2. The molecule has 130 valence electrons. The van der Waals surface area contributed by atoms with Crippen LogP contribution in [0.15, 0.2) is 46.2 Å². The fourth-order valence-electron chi connectivity index (χ4n) is 2.44. The first-order valence-corrected chi connectivity index (χ1v) is 10.0. The maximum atomic E-state index is 11.3. The third kappa shape index (κ3) is 4.41. The molecule has 0 aromatic heterocycles. The first-order valence-electron chi connectivity index (χ1n) is 7.12. The Morgan fingerprint density at radius 2 is 1.04 bits per heavy atom. The predicted molar refractivity (Wildman–Crippen MR) is 89.4 cm³/mol. The lowest BCUT2D eigenvalue weighted by molar-refractivity contribution is 0.480. The van der Waals surface area contributed by atoms with Crippen LogP contribution >= 0.6 is 0 Å². The smallest absolute Gasteiger partial charge is 0.282 e. The second-order valence-electron chi connectivity index (χ2n) is 5.65. The van der Waals surface area contributed by atoms with Gasteiger partial charge in [-0.05, 0) is 61.1 Å². The van der Waals surface area contributed by atoms with E-state index in [1.807, 2.05) is 0 Å². The fraction of sp³-hybridized carbons (Fsp3) is 0.250. The van der Waals surface area contributed by atoms with Crippen molar-refractivity contribution in [3.63, 3.8) is 0 Å². The number of benzene rings is 2. The van der Waals surface area contributed by atoms with Gasteiger partial charge in [-0.1, -0.05) is 24.3 Å². The highest BCUT2D eigenvalue weighted by Crippen LogP contribution is 2.20. The summed E-state index contributed by atoms with van der Waals surface area (Å²) in [5.41, 5.74) is 2.29. The topological polar surface area (TPSA) is 109 Å². The third-order valence-corrected chi connectivity index (χ3v) is 5.75. The standard InChI is InChI=1S/C16H18O6S2/c1-11-3-5-13(9-15(11)23(17,18)19)7-8-14-6-4-12(2)16(10-14)24(20,21)22/h3-6,9-10H,7-8H2,1-2H3,(H,17,18,19)(H,20,21,22). The summed E-state index contributed by atoms with van der Waals surface area (Å²) in [5.74, 6) is 0. The molecule has 2 aromatic carbocycles. The summed E-state index contributed by atoms with van der Waals surface area (Å²) >= 11 is 0. The Morgan fingerprint density at radius 1 is 0.708 bits per heavy atom. The minimum absolute atomic E-state index is 0.137. The van der Waals surface area contributed by atoms with Gasteiger partial charge < -0.3 is 0 Å². The molecule has 2 N–H and O–H groups in total. The van der Waals surface area contributed by atoms with Gasteiger partial charge in [0.2, 0.25) is 0 Å². The number of hydrogen-bond donors (Lipinski definition) is 2. The molecule has 0 atom stereocenters. The lowest BCUT2D eigenvalue weighted by Crippen LogP contribution is -2.04. The summed E-state index contributed by atoms with van der Waals surface area (Å²) in [6.07, 6.45) is 0.910. The van der Waals surface area contributed by atoms with Crippen molar-refractivity contribution >= 4 is 20.2 Å². The van der Waals surface area contributed by atoms with Crippen LogP contribution in [0.5, 0.6) is 0 Å². The van der Waals surface area contributed by atoms with Gasteiger partial charge in [-0.25, -0.2) is 0 Å². The van der Waals surface area contributed by atoms with Crippen molar-refractivity contribution in [3.05, 3.63) is 58.7 Å². The second kappa shape index (κ2) is 6.64. The average Bonchev–Trinajstić information content (AvgIpc) is 2.45. The molecule has 6 nitrogen and oxygen atoms in total. The average molecular weight is 370 g/mol. The van der Waals surface area contributed by atoms with Crippen molar-refractivity contribution in [2.75, 3.05) is 0 Å². The van der Waals surface area contributed by atoms with Crippen molar-refractivity contribution in [2.45, 2.75) is 36.5 Å². The van der Waals surface area contributed by atoms with Gasteiger partial charge in [-0.2, -0.15) is 16.8 Å². The Labute approximate surface area is 141 Å². The van der Waals surface area contributed by atoms with Gasteiger partial charge in [-0.15, -0.1) is 0 Å². The van der Waals surface area contributed by atoms with E-state index in [9.17, 15) is 25.9 Å². The Bertz CT molecular complexity index is 894. The zero-order chi connectivity index (χ0) is 18.1. The highest BCUT2D eigenvalue weighted by Gasteiger charge is 2.15. The van der Waals surface area contributed by atoms with Crippen molar-refractivity contribution in [1.82, 2.24) is 0 Å². The highest BCUT2D eigenvalue weighted by molar-refractivity contribution is 7.86. The van der Waals surface area contributed by atoms with Gasteiger partial charge in [0.1, 0.15) is 0 Å². The van der Waals surface area contributed by atoms with Crippen LogP contribution in [0.4, 0.5) is 0 Å². The van der Waals surface area contributed by atoms with Crippen LogP contribution in [0, 0.1) is 13.8 Å². The maximum Gasteiger partial charge on any atom is 0.294 e. The minimum atomic E-state index is -4.28. The van der Waals surface area contributed by atoms with Gasteiger partial charge in [0, 0.05) is 0 Å². The van der Waals surface area contributed by atoms with E-state index in [0.717, 1.165) is 0 Å². The summed E-state index contributed by atoms with van der Waals surface area (Å²) in [7, 11) is -8.57. The van der Waals surface area contributed by atoms with E-state index in [1.54, 1.807) is 38.1 Å². The Kier molecular flexibility index (Phi) is 5.14. The zero-order valence-electron chi connectivity index (χ0n) is 13.2. The first kappa shape index (κ1) is 18.6. The SMILES string of the molecule is Cc1ccc(CCc2ccc(C)c(S(=O)(=O)O)c2)cc1S(=O)(=O)O. The van der Waals surface area contributed by atoms with E-state index in [-0.39, 0.29) is 9.79 Å². The summed E-state index contributed by atoms with van der Waals surface area (Å²) < 4.78 is 63.8. The van der Waals surface area contributed by atoms with Gasteiger partial charge in [0.05, 0.1) is 9.79 Å². The molecule has 0 unspecified atom stereocenters. The van der Waals surface area contributed by atoms with Crippen LogP contribution in [-0.2, 0) is 33.1 Å². The Hall–Kier alpha value is -1.74. The van der Waals surface area contributed by atoms with E-state index in [4.69, 9.17) is 0 Å². The minimum Gasteiger partial charge on any atom is -0.282 e. The second-order valence-corrected chi connectivity index (χ2v) is 8.43. The van der Waals surface area contributed by atoms with Crippen LogP contribution in [0.1, 0.15) is 22.3 Å². The number of aryl methyl sites for hydroxylation is 4. The zero-order valence-corrected chi connectivity index (χ0v) is 14.9. The van der Waals surface area contributed by atoms with Gasteiger partial charge in [0.15, 0.2) is 0 Å². The van der Waals surface area contributed by atoms with E-state index in [2.05, 4.69) is 0 Å². The monoisotopic (exact) mass is 370 g/mol. The predicted octanol–water partition coefficient (Wildman–Crippen LogP) is 2.58. The molecule has 24 heavy (non-hydrogen) atoms. The molecule has 2 rings (SSSR count). The molecular weight excluding hydrogens is 352 g/mol. The lowest BCUT2D eigenvalue weighted by Gasteiger charge is -2.09. The van der Waals surface area contributed by atoms with Gasteiger partial charge in [-0.3, -0.25) is 9.11 Å². The Morgan fingerprint density at radius 3 is 1.33 bits per heavy atom. The molecule has 0 saturated heterocycles. The molecule has 0 aliphatic heterocycles. The van der Waals surface area contributed by atoms with Crippen LogP contribution in [0.25, 0.3) is 0 Å². The van der Waals surface area contributed by atoms with Crippen LogP contribution in [-0.4, -0.2) is 25.9 Å². The molecule has 0 radical (unpaired) electrons. The molecule has 0 aliphatic carbocycles. The third-order valence-electron chi connectivity index (χ3n) is 3.76. The molecule has 0 aliphatic rings. The molecule has 0 fully saturated rings. The van der Waals surface area contributed by atoms with E-state index >= 15 is 0 Å². The molecule has 0 bridgehead atoms. The number of rotatable bonds is 5. The Balaban J connectivity index is 2.27. The van der Waals surface area contributed by atoms with Crippen molar-refractivity contribution in [3.8, 4) is 0 Å². The van der Waals surface area contributed by atoms with E-state index in [0.29, 0.717) is 35.1 Å². The summed E-state index contributed by atoms with van der Waals surface area (Å²) in [4.78, 5) is -0.273. The van der Waals surface area contributed by atoms with Crippen molar-refractivity contribution in [2.24, 2.45) is 0 Å². The van der Waals surface area contributed by atoms with Gasteiger partial charge >= 0.3 is 0 Å². The molecule has 8 heteroatoms. The molecule has 0 heterocycles. The van der Waals surface area contributed by atoms with Gasteiger partial charge in [0.25, 0.3) is 20.2 Å². The lowest BCUT2D eigenvalue weighted by atomic mass is 10.0. The van der Waals surface area contributed by atoms with E-state index in [1.165, 1.54) is 12.1 Å². The van der Waals surface area contributed by atoms with Crippen LogP contribution in [0.2, 0.25) is 0 Å². The normalized spacial score (nSPS) is 12.3. The van der Waals surface area contributed by atoms with Crippen molar-refractivity contribution < 1.29 is 25.9 Å². The van der Waals surface area contributed by atoms with Crippen LogP contribution < -0.4 is 0 Å². The molecule has 2 aromatic rings. The van der Waals surface area contributed by atoms with E-state index < -0.39 is 20.2 Å². The number of hydrogen-bond acceptors (Lipinski definition) is 4. The molecular formula is C16H18O6S2.